The Morgan fingerprint density at radius 2 is 2.08 bits per heavy atom. The van der Waals surface area contributed by atoms with E-state index in [0.29, 0.717) is 33.4 Å². The van der Waals surface area contributed by atoms with Gasteiger partial charge in [-0.1, -0.05) is 23.7 Å². The number of thiophene rings is 1. The fourth-order valence-electron chi connectivity index (χ4n) is 3.01. The third kappa shape index (κ3) is 4.23. The Labute approximate surface area is 159 Å². The van der Waals surface area contributed by atoms with Crippen molar-refractivity contribution in [3.05, 3.63) is 51.2 Å². The number of likely N-dealkylation sites (tertiary alicyclic amines) is 1. The van der Waals surface area contributed by atoms with E-state index >= 15 is 0 Å². The first-order valence-electron chi connectivity index (χ1n) is 8.12. The molecule has 1 atom stereocenters. The molecular formula is C18H17ClN2O4S. The predicted molar refractivity (Wildman–Crippen MR) is 99.8 cm³/mol. The molecule has 1 aliphatic rings. The molecule has 2 N–H and O–H groups in total. The first-order chi connectivity index (χ1) is 12.4. The Bertz CT molecular complexity index is 851. The lowest BCUT2D eigenvalue weighted by atomic mass is 10.1. The van der Waals surface area contributed by atoms with Gasteiger partial charge >= 0.3 is 5.97 Å². The molecule has 0 bridgehead atoms. The van der Waals surface area contributed by atoms with E-state index in [0.717, 1.165) is 6.42 Å². The fraction of sp³-hybridized carbons (Fsp3) is 0.278. The number of carbonyl (C=O) groups is 3. The number of carboxylic acids is 1. The lowest BCUT2D eigenvalue weighted by Gasteiger charge is -2.23. The molecule has 6 nitrogen and oxygen atoms in total. The first-order valence-corrected chi connectivity index (χ1v) is 9.31. The Kier molecular flexibility index (Phi) is 5.58. The van der Waals surface area contributed by atoms with Crippen LogP contribution in [0.25, 0.3) is 0 Å². The number of aliphatic carboxylic acids is 1. The van der Waals surface area contributed by atoms with Gasteiger partial charge in [0.25, 0.3) is 5.91 Å². The van der Waals surface area contributed by atoms with E-state index < -0.39 is 12.0 Å². The van der Waals surface area contributed by atoms with Crippen molar-refractivity contribution in [2.45, 2.75) is 25.3 Å². The maximum Gasteiger partial charge on any atom is 0.307 e. The monoisotopic (exact) mass is 392 g/mol. The summed E-state index contributed by atoms with van der Waals surface area (Å²) in [6.07, 6.45) is 1.23. The minimum Gasteiger partial charge on any atom is -0.481 e. The fourth-order valence-corrected chi connectivity index (χ4v) is 4.01. The summed E-state index contributed by atoms with van der Waals surface area (Å²) >= 11 is 7.09. The van der Waals surface area contributed by atoms with Gasteiger partial charge in [-0.05, 0) is 42.7 Å². The van der Waals surface area contributed by atoms with Gasteiger partial charge in [-0.15, -0.1) is 11.3 Å². The number of anilines is 1. The molecule has 0 unspecified atom stereocenters. The van der Waals surface area contributed by atoms with Crippen LogP contribution in [0.5, 0.6) is 0 Å². The molecule has 0 aliphatic carbocycles. The second kappa shape index (κ2) is 7.88. The van der Waals surface area contributed by atoms with Crippen molar-refractivity contribution >= 4 is 46.4 Å². The van der Waals surface area contributed by atoms with Gasteiger partial charge in [0.2, 0.25) is 5.91 Å². The SMILES string of the molecule is O=C(O)Cc1cccc(NC(=O)[C@H]2CCCN2C(=O)c2ccc(Cl)s2)c1. The van der Waals surface area contributed by atoms with Crippen LogP contribution in [0.15, 0.2) is 36.4 Å². The van der Waals surface area contributed by atoms with Crippen LogP contribution >= 0.6 is 22.9 Å². The van der Waals surface area contributed by atoms with Crippen LogP contribution in [0.3, 0.4) is 0 Å². The van der Waals surface area contributed by atoms with E-state index in [2.05, 4.69) is 5.32 Å². The van der Waals surface area contributed by atoms with Crippen molar-refractivity contribution in [3.8, 4) is 0 Å². The molecule has 1 aromatic heterocycles. The Morgan fingerprint density at radius 3 is 2.77 bits per heavy atom. The molecule has 2 heterocycles. The van der Waals surface area contributed by atoms with Crippen molar-refractivity contribution in [1.82, 2.24) is 4.90 Å². The molecule has 0 spiro atoms. The van der Waals surface area contributed by atoms with Crippen LogP contribution in [0.1, 0.15) is 28.1 Å². The summed E-state index contributed by atoms with van der Waals surface area (Å²) in [6.45, 7) is 0.519. The molecule has 136 valence electrons. The van der Waals surface area contributed by atoms with Gasteiger partial charge in [0.05, 0.1) is 15.6 Å². The third-order valence-corrected chi connectivity index (χ3v) is 5.37. The largest absolute Gasteiger partial charge is 0.481 e. The van der Waals surface area contributed by atoms with Gasteiger partial charge in [-0.2, -0.15) is 0 Å². The molecule has 0 saturated carbocycles. The number of hydrogen-bond acceptors (Lipinski definition) is 4. The maximum absolute atomic E-state index is 12.7. The summed E-state index contributed by atoms with van der Waals surface area (Å²) in [5.41, 5.74) is 1.12. The van der Waals surface area contributed by atoms with Crippen LogP contribution in [0.4, 0.5) is 5.69 Å². The van der Waals surface area contributed by atoms with Crippen molar-refractivity contribution in [2.24, 2.45) is 0 Å². The lowest BCUT2D eigenvalue weighted by molar-refractivity contribution is -0.136. The highest BCUT2D eigenvalue weighted by Gasteiger charge is 2.35. The van der Waals surface area contributed by atoms with Crippen molar-refractivity contribution < 1.29 is 19.5 Å². The van der Waals surface area contributed by atoms with E-state index in [9.17, 15) is 14.4 Å². The van der Waals surface area contributed by atoms with E-state index in [-0.39, 0.29) is 18.2 Å². The minimum absolute atomic E-state index is 0.114. The number of hydrogen-bond donors (Lipinski definition) is 2. The normalized spacial score (nSPS) is 16.5. The highest BCUT2D eigenvalue weighted by Crippen LogP contribution is 2.27. The molecule has 1 saturated heterocycles. The topological polar surface area (TPSA) is 86.7 Å². The molecule has 1 fully saturated rings. The zero-order valence-corrected chi connectivity index (χ0v) is 15.3. The summed E-state index contributed by atoms with van der Waals surface area (Å²) in [7, 11) is 0. The summed E-state index contributed by atoms with van der Waals surface area (Å²) < 4.78 is 0.531. The quantitative estimate of drug-likeness (QED) is 0.817. The summed E-state index contributed by atoms with van der Waals surface area (Å²) in [6, 6.07) is 9.49. The Morgan fingerprint density at radius 1 is 1.27 bits per heavy atom. The summed E-state index contributed by atoms with van der Waals surface area (Å²) in [4.78, 5) is 38.2. The van der Waals surface area contributed by atoms with Gasteiger partial charge in [0, 0.05) is 12.2 Å². The molecule has 1 aromatic carbocycles. The average Bonchev–Trinajstić information content (AvgIpc) is 3.23. The minimum atomic E-state index is -0.935. The number of carboxylic acid groups (broad SMARTS) is 1. The van der Waals surface area contributed by atoms with Crippen LogP contribution in [-0.2, 0) is 16.0 Å². The first kappa shape index (κ1) is 18.4. The smallest absolute Gasteiger partial charge is 0.307 e. The lowest BCUT2D eigenvalue weighted by Crippen LogP contribution is -2.42. The Hall–Kier alpha value is -2.38. The molecule has 26 heavy (non-hydrogen) atoms. The third-order valence-electron chi connectivity index (χ3n) is 4.15. The molecule has 3 rings (SSSR count). The molecule has 2 amide bonds. The number of halogens is 1. The van der Waals surface area contributed by atoms with Crippen LogP contribution in [-0.4, -0.2) is 40.4 Å². The number of nitrogens with one attached hydrogen (secondary N) is 1. The van der Waals surface area contributed by atoms with Gasteiger partial charge in [0.1, 0.15) is 6.04 Å². The molecule has 1 aliphatic heterocycles. The van der Waals surface area contributed by atoms with Crippen molar-refractivity contribution in [3.63, 3.8) is 0 Å². The van der Waals surface area contributed by atoms with E-state index in [1.54, 1.807) is 41.3 Å². The second-order valence-electron chi connectivity index (χ2n) is 6.02. The standard InChI is InChI=1S/C18H17ClN2O4S/c19-15-7-6-14(26-15)18(25)21-8-2-5-13(21)17(24)20-12-4-1-3-11(9-12)10-16(22)23/h1,3-4,6-7,9,13H,2,5,8,10H2,(H,20,24)(H,22,23)/t13-/m1/s1. The van der Waals surface area contributed by atoms with Gasteiger partial charge in [-0.25, -0.2) is 0 Å². The molecule has 0 radical (unpaired) electrons. The van der Waals surface area contributed by atoms with Crippen LogP contribution in [0.2, 0.25) is 4.34 Å². The highest BCUT2D eigenvalue weighted by molar-refractivity contribution is 7.18. The number of amides is 2. The number of carbonyl (C=O) groups excluding carboxylic acids is 2. The van der Waals surface area contributed by atoms with Crippen LogP contribution in [0, 0.1) is 0 Å². The molecular weight excluding hydrogens is 376 g/mol. The number of benzene rings is 1. The van der Waals surface area contributed by atoms with Crippen LogP contribution < -0.4 is 5.32 Å². The molecule has 2 aromatic rings. The van der Waals surface area contributed by atoms with Crippen molar-refractivity contribution in [1.29, 1.82) is 0 Å². The highest BCUT2D eigenvalue weighted by atomic mass is 35.5. The zero-order valence-electron chi connectivity index (χ0n) is 13.8. The number of rotatable bonds is 5. The average molecular weight is 393 g/mol. The summed E-state index contributed by atoms with van der Waals surface area (Å²) in [5, 5.41) is 11.7. The predicted octanol–water partition coefficient (Wildman–Crippen LogP) is 3.27. The summed E-state index contributed by atoms with van der Waals surface area (Å²) in [5.74, 6) is -1.40. The van der Waals surface area contributed by atoms with Gasteiger partial charge < -0.3 is 15.3 Å². The van der Waals surface area contributed by atoms with Gasteiger partial charge in [0.15, 0.2) is 0 Å². The van der Waals surface area contributed by atoms with E-state index in [4.69, 9.17) is 16.7 Å². The maximum atomic E-state index is 12.7. The van der Waals surface area contributed by atoms with Crippen molar-refractivity contribution in [2.75, 3.05) is 11.9 Å². The van der Waals surface area contributed by atoms with Gasteiger partial charge in [-0.3, -0.25) is 14.4 Å². The molecule has 8 heteroatoms. The Balaban J connectivity index is 1.70. The van der Waals surface area contributed by atoms with E-state index in [1.807, 2.05) is 0 Å². The van der Waals surface area contributed by atoms with E-state index in [1.165, 1.54) is 11.3 Å². The second-order valence-corrected chi connectivity index (χ2v) is 7.74. The number of nitrogens with zero attached hydrogens (tertiary/aromatic N) is 1. The zero-order chi connectivity index (χ0) is 18.7.